The Balaban J connectivity index is 1.44. The van der Waals surface area contributed by atoms with Gasteiger partial charge in [-0.25, -0.2) is 0 Å². The maximum atomic E-state index is 6.48. The number of piperidine rings is 1. The van der Waals surface area contributed by atoms with Crippen LogP contribution in [0, 0.1) is 5.92 Å². The summed E-state index contributed by atoms with van der Waals surface area (Å²) in [6.45, 7) is 5.99. The SMILES string of the molecule is CN1CCC[C@@H](COc2cc(-c3cccc(Cl)c3)cc3c2OCCN(Cc2ccccn2)C3)C1. The third kappa shape index (κ3) is 5.72. The minimum atomic E-state index is 0.538. The topological polar surface area (TPSA) is 37.8 Å². The van der Waals surface area contributed by atoms with Crippen molar-refractivity contribution in [2.24, 2.45) is 5.92 Å². The second-order valence-electron chi connectivity index (χ2n) is 9.43. The number of fused-ring (bicyclic) bond motifs is 1. The first-order chi connectivity index (χ1) is 16.6. The van der Waals surface area contributed by atoms with E-state index in [4.69, 9.17) is 21.1 Å². The first-order valence-corrected chi connectivity index (χ1v) is 12.5. The van der Waals surface area contributed by atoms with Gasteiger partial charge in [-0.15, -0.1) is 0 Å². The maximum Gasteiger partial charge on any atom is 0.165 e. The van der Waals surface area contributed by atoms with Crippen molar-refractivity contribution in [2.75, 3.05) is 39.9 Å². The molecule has 2 aliphatic heterocycles. The molecule has 178 valence electrons. The van der Waals surface area contributed by atoms with Crippen LogP contribution in [0.5, 0.6) is 11.5 Å². The molecule has 0 amide bonds. The predicted molar refractivity (Wildman–Crippen MR) is 136 cm³/mol. The molecule has 0 aliphatic carbocycles. The molecule has 2 aromatic carbocycles. The van der Waals surface area contributed by atoms with Crippen molar-refractivity contribution in [1.82, 2.24) is 14.8 Å². The van der Waals surface area contributed by atoms with Gasteiger partial charge in [-0.2, -0.15) is 0 Å². The molecule has 5 rings (SSSR count). The first kappa shape index (κ1) is 23.2. The van der Waals surface area contributed by atoms with Crippen molar-refractivity contribution in [1.29, 1.82) is 0 Å². The zero-order valence-electron chi connectivity index (χ0n) is 19.8. The molecule has 3 aromatic rings. The van der Waals surface area contributed by atoms with E-state index in [0.717, 1.165) is 65.1 Å². The molecule has 2 aliphatic rings. The van der Waals surface area contributed by atoms with Gasteiger partial charge in [-0.05, 0) is 74.0 Å². The van der Waals surface area contributed by atoms with Gasteiger partial charge in [0.15, 0.2) is 11.5 Å². The van der Waals surface area contributed by atoms with E-state index in [2.05, 4.69) is 46.1 Å². The van der Waals surface area contributed by atoms with E-state index < -0.39 is 0 Å². The largest absolute Gasteiger partial charge is 0.489 e. The highest BCUT2D eigenvalue weighted by atomic mass is 35.5. The number of halogens is 1. The highest BCUT2D eigenvalue weighted by molar-refractivity contribution is 6.30. The number of hydrogen-bond donors (Lipinski definition) is 0. The van der Waals surface area contributed by atoms with Crippen molar-refractivity contribution in [2.45, 2.75) is 25.9 Å². The summed E-state index contributed by atoms with van der Waals surface area (Å²) in [5, 5.41) is 0.730. The van der Waals surface area contributed by atoms with Crippen molar-refractivity contribution in [3.63, 3.8) is 0 Å². The van der Waals surface area contributed by atoms with Crippen molar-refractivity contribution >= 4 is 11.6 Å². The van der Waals surface area contributed by atoms with Gasteiger partial charge in [0.1, 0.15) is 6.61 Å². The zero-order chi connectivity index (χ0) is 23.3. The Hall–Kier alpha value is -2.60. The van der Waals surface area contributed by atoms with Gasteiger partial charge >= 0.3 is 0 Å². The lowest BCUT2D eigenvalue weighted by Gasteiger charge is -2.29. The van der Waals surface area contributed by atoms with Crippen LogP contribution in [-0.4, -0.2) is 54.7 Å². The molecule has 0 bridgehead atoms. The summed E-state index contributed by atoms with van der Waals surface area (Å²) >= 11 is 6.32. The summed E-state index contributed by atoms with van der Waals surface area (Å²) in [5.74, 6) is 2.24. The highest BCUT2D eigenvalue weighted by Gasteiger charge is 2.23. The molecule has 6 heteroatoms. The Morgan fingerprint density at radius 2 is 2.03 bits per heavy atom. The Kier molecular flexibility index (Phi) is 7.33. The molecule has 0 N–H and O–H groups in total. The second kappa shape index (κ2) is 10.8. The van der Waals surface area contributed by atoms with E-state index in [0.29, 0.717) is 19.1 Å². The van der Waals surface area contributed by atoms with Gasteiger partial charge in [-0.1, -0.05) is 29.8 Å². The van der Waals surface area contributed by atoms with Crippen LogP contribution in [0.15, 0.2) is 60.8 Å². The van der Waals surface area contributed by atoms with Crippen LogP contribution in [0.4, 0.5) is 0 Å². The summed E-state index contributed by atoms with van der Waals surface area (Å²) in [6, 6.07) is 18.4. The number of pyridine rings is 1. The molecule has 1 aromatic heterocycles. The number of aromatic nitrogens is 1. The van der Waals surface area contributed by atoms with Crippen LogP contribution in [0.2, 0.25) is 5.02 Å². The van der Waals surface area contributed by atoms with Crippen LogP contribution in [0.3, 0.4) is 0 Å². The standard InChI is InChI=1S/C28H32ClN3O2/c1-31-11-5-6-21(17-31)20-34-27-16-23(22-7-4-8-25(29)15-22)14-24-18-32(12-13-33-28(24)27)19-26-9-2-3-10-30-26/h2-4,7-10,14-16,21H,5-6,11-13,17-20H2,1H3/t21-/m1/s1. The van der Waals surface area contributed by atoms with Crippen LogP contribution >= 0.6 is 11.6 Å². The molecular formula is C28H32ClN3O2. The van der Waals surface area contributed by atoms with Gasteiger partial charge in [0.05, 0.1) is 12.3 Å². The van der Waals surface area contributed by atoms with Gasteiger partial charge in [0, 0.05) is 48.9 Å². The van der Waals surface area contributed by atoms with Crippen LogP contribution in [0.1, 0.15) is 24.1 Å². The summed E-state index contributed by atoms with van der Waals surface area (Å²) in [7, 11) is 2.19. The lowest BCUT2D eigenvalue weighted by molar-refractivity contribution is 0.146. The van der Waals surface area contributed by atoms with Crippen molar-refractivity contribution < 1.29 is 9.47 Å². The molecule has 1 saturated heterocycles. The van der Waals surface area contributed by atoms with Gasteiger partial charge < -0.3 is 14.4 Å². The minimum Gasteiger partial charge on any atom is -0.489 e. The minimum absolute atomic E-state index is 0.538. The summed E-state index contributed by atoms with van der Waals surface area (Å²) in [4.78, 5) is 9.29. The van der Waals surface area contributed by atoms with E-state index >= 15 is 0 Å². The number of hydrogen-bond acceptors (Lipinski definition) is 5. The number of rotatable bonds is 6. The van der Waals surface area contributed by atoms with Crippen LogP contribution < -0.4 is 9.47 Å². The van der Waals surface area contributed by atoms with Crippen LogP contribution in [-0.2, 0) is 13.1 Å². The van der Waals surface area contributed by atoms with E-state index in [-0.39, 0.29) is 0 Å². The summed E-state index contributed by atoms with van der Waals surface area (Å²) in [6.07, 6.45) is 4.28. The second-order valence-corrected chi connectivity index (χ2v) is 9.87. The van der Waals surface area contributed by atoms with E-state index in [9.17, 15) is 0 Å². The molecule has 1 atom stereocenters. The van der Waals surface area contributed by atoms with E-state index in [1.807, 2.05) is 36.5 Å². The zero-order valence-corrected chi connectivity index (χ0v) is 20.5. The molecular weight excluding hydrogens is 446 g/mol. The Morgan fingerprint density at radius 1 is 1.09 bits per heavy atom. The first-order valence-electron chi connectivity index (χ1n) is 12.1. The van der Waals surface area contributed by atoms with E-state index in [1.54, 1.807) is 0 Å². The third-order valence-corrected chi connectivity index (χ3v) is 6.88. The average molecular weight is 478 g/mol. The average Bonchev–Trinajstić information content (AvgIpc) is 3.05. The number of nitrogens with zero attached hydrogens (tertiary/aromatic N) is 3. The Bertz CT molecular complexity index is 1110. The molecule has 0 spiro atoms. The monoisotopic (exact) mass is 477 g/mol. The number of benzene rings is 2. The molecule has 5 nitrogen and oxygen atoms in total. The summed E-state index contributed by atoms with van der Waals surface area (Å²) in [5.41, 5.74) is 4.38. The molecule has 0 saturated carbocycles. The Morgan fingerprint density at radius 3 is 2.85 bits per heavy atom. The van der Waals surface area contributed by atoms with Gasteiger partial charge in [0.2, 0.25) is 0 Å². The van der Waals surface area contributed by atoms with Gasteiger partial charge in [0.25, 0.3) is 0 Å². The lowest BCUT2D eigenvalue weighted by Crippen LogP contribution is -2.34. The number of likely N-dealkylation sites (tertiary alicyclic amines) is 1. The van der Waals surface area contributed by atoms with Crippen molar-refractivity contribution in [3.8, 4) is 22.6 Å². The smallest absolute Gasteiger partial charge is 0.165 e. The number of ether oxygens (including phenoxy) is 2. The fourth-order valence-corrected chi connectivity index (χ4v) is 5.14. The van der Waals surface area contributed by atoms with Crippen molar-refractivity contribution in [3.05, 3.63) is 77.1 Å². The molecule has 1 fully saturated rings. The fourth-order valence-electron chi connectivity index (χ4n) is 4.95. The van der Waals surface area contributed by atoms with Crippen LogP contribution in [0.25, 0.3) is 11.1 Å². The molecule has 34 heavy (non-hydrogen) atoms. The van der Waals surface area contributed by atoms with Gasteiger partial charge in [-0.3, -0.25) is 9.88 Å². The lowest BCUT2D eigenvalue weighted by atomic mass is 9.99. The van der Waals surface area contributed by atoms with E-state index in [1.165, 1.54) is 19.4 Å². The predicted octanol–water partition coefficient (Wildman–Crippen LogP) is 5.52. The summed E-state index contributed by atoms with van der Waals surface area (Å²) < 4.78 is 12.8. The molecule has 3 heterocycles. The highest BCUT2D eigenvalue weighted by Crippen LogP contribution is 2.39. The quantitative estimate of drug-likeness (QED) is 0.467. The normalized spacial score (nSPS) is 19.2. The third-order valence-electron chi connectivity index (χ3n) is 6.65. The Labute approximate surface area is 207 Å². The fraction of sp³-hybridized carbons (Fsp3) is 0.393. The molecule has 0 unspecified atom stereocenters. The molecule has 0 radical (unpaired) electrons. The maximum absolute atomic E-state index is 6.48.